The van der Waals surface area contributed by atoms with Gasteiger partial charge in [0.25, 0.3) is 0 Å². The van der Waals surface area contributed by atoms with Gasteiger partial charge in [-0.2, -0.15) is 5.26 Å². The van der Waals surface area contributed by atoms with Gasteiger partial charge in [0.1, 0.15) is 5.41 Å². The average Bonchev–Trinajstić information content (AvgIpc) is 3.21. The normalized spacial score (nSPS) is 24.6. The van der Waals surface area contributed by atoms with Crippen LogP contribution in [-0.2, 0) is 11.3 Å². The minimum Gasteiger partial charge on any atom is -0.341 e. The number of aromatic nitrogens is 1. The van der Waals surface area contributed by atoms with Gasteiger partial charge >= 0.3 is 0 Å². The van der Waals surface area contributed by atoms with E-state index in [4.69, 9.17) is 0 Å². The Morgan fingerprint density at radius 1 is 1.07 bits per heavy atom. The molecule has 144 valence electrons. The van der Waals surface area contributed by atoms with Crippen molar-refractivity contribution in [3.05, 3.63) is 30.1 Å². The van der Waals surface area contributed by atoms with Crippen LogP contribution in [-0.4, -0.2) is 46.9 Å². The summed E-state index contributed by atoms with van der Waals surface area (Å²) in [5.74, 6) is 0.117. The van der Waals surface area contributed by atoms with Crippen LogP contribution >= 0.6 is 0 Å². The van der Waals surface area contributed by atoms with Crippen molar-refractivity contribution < 1.29 is 4.79 Å². The first-order valence-electron chi connectivity index (χ1n) is 10.5. The van der Waals surface area contributed by atoms with E-state index in [9.17, 15) is 10.1 Å². The van der Waals surface area contributed by atoms with E-state index in [1.807, 2.05) is 23.4 Å². The van der Waals surface area contributed by atoms with Crippen LogP contribution < -0.4 is 0 Å². The Labute approximate surface area is 162 Å². The molecule has 3 heterocycles. The smallest absolute Gasteiger partial charge is 0.243 e. The molecule has 1 spiro atoms. The van der Waals surface area contributed by atoms with Crippen molar-refractivity contribution in [3.63, 3.8) is 0 Å². The van der Waals surface area contributed by atoms with Crippen LogP contribution in [0.5, 0.6) is 0 Å². The number of piperidine rings is 2. The second-order valence-corrected chi connectivity index (χ2v) is 8.83. The van der Waals surface area contributed by atoms with Crippen LogP contribution in [0.2, 0.25) is 0 Å². The van der Waals surface area contributed by atoms with E-state index in [0.717, 1.165) is 71.2 Å². The van der Waals surface area contributed by atoms with E-state index < -0.39 is 5.41 Å². The number of nitriles is 1. The number of likely N-dealkylation sites (tertiary alicyclic amines) is 2. The van der Waals surface area contributed by atoms with Gasteiger partial charge in [0.05, 0.1) is 6.07 Å². The molecule has 1 amide bonds. The van der Waals surface area contributed by atoms with Crippen LogP contribution in [0.3, 0.4) is 0 Å². The molecule has 5 nitrogen and oxygen atoms in total. The molecule has 1 aromatic heterocycles. The summed E-state index contributed by atoms with van der Waals surface area (Å²) in [6, 6.07) is 6.53. The molecule has 0 bridgehead atoms. The molecule has 27 heavy (non-hydrogen) atoms. The Kier molecular flexibility index (Phi) is 5.19. The molecular formula is C22H30N4O. The monoisotopic (exact) mass is 366 g/mol. The number of hydrogen-bond donors (Lipinski definition) is 0. The third-order valence-corrected chi connectivity index (χ3v) is 7.24. The number of rotatable bonds is 3. The number of carbonyl (C=O) groups is 1. The minimum absolute atomic E-state index is 0.117. The molecular weight excluding hydrogens is 336 g/mol. The lowest BCUT2D eigenvalue weighted by molar-refractivity contribution is -0.141. The molecule has 5 heteroatoms. The van der Waals surface area contributed by atoms with Gasteiger partial charge in [0, 0.05) is 32.0 Å². The summed E-state index contributed by atoms with van der Waals surface area (Å²) in [6.07, 6.45) is 12.0. The second kappa shape index (κ2) is 7.59. The van der Waals surface area contributed by atoms with E-state index in [2.05, 4.69) is 22.0 Å². The summed E-state index contributed by atoms with van der Waals surface area (Å²) in [6.45, 7) is 4.92. The van der Waals surface area contributed by atoms with Gasteiger partial charge in [-0.15, -0.1) is 0 Å². The Hall–Kier alpha value is -1.93. The number of amides is 1. The van der Waals surface area contributed by atoms with E-state index >= 15 is 0 Å². The van der Waals surface area contributed by atoms with Crippen molar-refractivity contribution in [2.24, 2.45) is 10.8 Å². The van der Waals surface area contributed by atoms with Crippen LogP contribution in [0.1, 0.15) is 56.9 Å². The standard InChI is InChI=1S/C22H30N4O/c23-18-22(5-1-2-6-22)20(27)26-14-9-21(10-15-26)7-12-25(13-8-21)17-19-4-3-11-24-16-19/h3-4,11,16H,1-2,5-10,12-15,17H2. The number of carbonyl (C=O) groups excluding carboxylic acids is 1. The number of pyridine rings is 1. The van der Waals surface area contributed by atoms with Crippen molar-refractivity contribution >= 4 is 5.91 Å². The summed E-state index contributed by atoms with van der Waals surface area (Å²) in [5.41, 5.74) is 0.974. The summed E-state index contributed by atoms with van der Waals surface area (Å²) < 4.78 is 0. The summed E-state index contributed by atoms with van der Waals surface area (Å²) in [5, 5.41) is 9.60. The Balaban J connectivity index is 1.29. The molecule has 3 fully saturated rings. The molecule has 3 aliphatic rings. The zero-order chi connectivity index (χ0) is 18.7. The zero-order valence-electron chi connectivity index (χ0n) is 16.2. The van der Waals surface area contributed by atoms with Gasteiger partial charge in [0.2, 0.25) is 5.91 Å². The van der Waals surface area contributed by atoms with Gasteiger partial charge in [-0.05, 0) is 68.7 Å². The summed E-state index contributed by atoms with van der Waals surface area (Å²) in [4.78, 5) is 21.7. The van der Waals surface area contributed by atoms with Crippen molar-refractivity contribution in [1.82, 2.24) is 14.8 Å². The van der Waals surface area contributed by atoms with E-state index in [1.165, 1.54) is 18.4 Å². The molecule has 0 N–H and O–H groups in total. The van der Waals surface area contributed by atoms with Gasteiger partial charge in [-0.1, -0.05) is 18.9 Å². The lowest BCUT2D eigenvalue weighted by atomic mass is 9.70. The molecule has 1 aliphatic carbocycles. The highest BCUT2D eigenvalue weighted by Crippen LogP contribution is 2.44. The fourth-order valence-corrected chi connectivity index (χ4v) is 5.27. The highest BCUT2D eigenvalue weighted by Gasteiger charge is 2.46. The summed E-state index contributed by atoms with van der Waals surface area (Å²) >= 11 is 0. The van der Waals surface area contributed by atoms with Crippen LogP contribution in [0.4, 0.5) is 0 Å². The van der Waals surface area contributed by atoms with Crippen LogP contribution in [0.25, 0.3) is 0 Å². The first kappa shape index (κ1) is 18.4. The van der Waals surface area contributed by atoms with E-state index in [-0.39, 0.29) is 5.91 Å². The van der Waals surface area contributed by atoms with Gasteiger partial charge in [0.15, 0.2) is 0 Å². The largest absolute Gasteiger partial charge is 0.341 e. The molecule has 4 rings (SSSR count). The topological polar surface area (TPSA) is 60.2 Å². The SMILES string of the molecule is N#CC1(C(=O)N2CCC3(CCN(Cc4cccnc4)CC3)CC2)CCCC1. The predicted molar refractivity (Wildman–Crippen MR) is 104 cm³/mol. The Morgan fingerprint density at radius 3 is 2.33 bits per heavy atom. The Morgan fingerprint density at radius 2 is 1.74 bits per heavy atom. The molecule has 2 saturated heterocycles. The second-order valence-electron chi connectivity index (χ2n) is 8.83. The van der Waals surface area contributed by atoms with Gasteiger partial charge in [-0.3, -0.25) is 14.7 Å². The average molecular weight is 367 g/mol. The Bertz CT molecular complexity index is 687. The lowest BCUT2D eigenvalue weighted by Gasteiger charge is -2.47. The quantitative estimate of drug-likeness (QED) is 0.823. The molecule has 0 unspecified atom stereocenters. The molecule has 0 aromatic carbocycles. The van der Waals surface area contributed by atoms with E-state index in [0.29, 0.717) is 5.41 Å². The minimum atomic E-state index is -0.711. The van der Waals surface area contributed by atoms with Crippen molar-refractivity contribution in [2.75, 3.05) is 26.2 Å². The molecule has 1 aromatic rings. The summed E-state index contributed by atoms with van der Waals surface area (Å²) in [7, 11) is 0. The zero-order valence-corrected chi connectivity index (χ0v) is 16.2. The fraction of sp³-hybridized carbons (Fsp3) is 0.682. The molecule has 0 radical (unpaired) electrons. The molecule has 0 atom stereocenters. The maximum atomic E-state index is 13.0. The maximum Gasteiger partial charge on any atom is 0.243 e. The third-order valence-electron chi connectivity index (χ3n) is 7.24. The van der Waals surface area contributed by atoms with Crippen molar-refractivity contribution in [1.29, 1.82) is 5.26 Å². The number of hydrogen-bond acceptors (Lipinski definition) is 4. The van der Waals surface area contributed by atoms with Crippen molar-refractivity contribution in [3.8, 4) is 6.07 Å². The molecule has 2 aliphatic heterocycles. The third kappa shape index (κ3) is 3.73. The number of nitrogens with zero attached hydrogens (tertiary/aromatic N) is 4. The first-order valence-corrected chi connectivity index (χ1v) is 10.5. The highest BCUT2D eigenvalue weighted by atomic mass is 16.2. The molecule has 1 saturated carbocycles. The van der Waals surface area contributed by atoms with Crippen LogP contribution in [0, 0.1) is 22.2 Å². The van der Waals surface area contributed by atoms with Crippen LogP contribution in [0.15, 0.2) is 24.5 Å². The van der Waals surface area contributed by atoms with Gasteiger partial charge in [-0.25, -0.2) is 0 Å². The van der Waals surface area contributed by atoms with Crippen molar-refractivity contribution in [2.45, 2.75) is 57.9 Å². The van der Waals surface area contributed by atoms with E-state index in [1.54, 1.807) is 0 Å². The van der Waals surface area contributed by atoms with Gasteiger partial charge < -0.3 is 4.90 Å². The highest BCUT2D eigenvalue weighted by molar-refractivity contribution is 5.86. The lowest BCUT2D eigenvalue weighted by Crippen LogP contribution is -2.51. The fourth-order valence-electron chi connectivity index (χ4n) is 5.27. The maximum absolute atomic E-state index is 13.0. The first-order chi connectivity index (χ1) is 13.1. The predicted octanol–water partition coefficient (Wildman–Crippen LogP) is 3.37.